The van der Waals surface area contributed by atoms with Crippen LogP contribution in [0.25, 0.3) is 0 Å². The summed E-state index contributed by atoms with van der Waals surface area (Å²) >= 11 is 1.54. The van der Waals surface area contributed by atoms with Gasteiger partial charge >= 0.3 is 0 Å². The molecule has 0 aromatic carbocycles. The van der Waals surface area contributed by atoms with Gasteiger partial charge < -0.3 is 5.32 Å². The zero-order chi connectivity index (χ0) is 12.4. The summed E-state index contributed by atoms with van der Waals surface area (Å²) in [4.78, 5) is 17.5. The molecule has 1 unspecified atom stereocenters. The zero-order valence-electron chi connectivity index (χ0n) is 9.99. The van der Waals surface area contributed by atoms with E-state index in [0.29, 0.717) is 5.13 Å². The third kappa shape index (κ3) is 2.47. The van der Waals surface area contributed by atoms with Crippen molar-refractivity contribution in [3.8, 4) is 6.07 Å². The highest BCUT2D eigenvalue weighted by Crippen LogP contribution is 2.30. The summed E-state index contributed by atoms with van der Waals surface area (Å²) in [5.41, 5.74) is 1.11. The highest BCUT2D eigenvalue weighted by Gasteiger charge is 2.24. The lowest BCUT2D eigenvalue weighted by atomic mass is 9.97. The molecule has 5 heteroatoms. The standard InChI is InChI=1S/C12H15N3OS/c1-7(2)8(6-13)11(16)15-12-14-9-4-3-5-10(9)17-12/h7-8H,3-5H2,1-2H3,(H,14,15,16). The molecular weight excluding hydrogens is 234 g/mol. The molecule has 1 atom stereocenters. The number of carbonyl (C=O) groups excluding carboxylic acids is 1. The fourth-order valence-electron chi connectivity index (χ4n) is 1.94. The van der Waals surface area contributed by atoms with Gasteiger partial charge in [-0.2, -0.15) is 5.26 Å². The normalized spacial score (nSPS) is 15.4. The van der Waals surface area contributed by atoms with E-state index >= 15 is 0 Å². The molecule has 0 saturated carbocycles. The molecule has 0 saturated heterocycles. The Kier molecular flexibility index (Phi) is 3.43. The van der Waals surface area contributed by atoms with Gasteiger partial charge in [0.05, 0.1) is 11.8 Å². The van der Waals surface area contributed by atoms with E-state index in [4.69, 9.17) is 5.26 Å². The molecule has 1 amide bonds. The van der Waals surface area contributed by atoms with Crippen LogP contribution in [0.15, 0.2) is 0 Å². The van der Waals surface area contributed by atoms with Crippen molar-refractivity contribution in [2.24, 2.45) is 11.8 Å². The van der Waals surface area contributed by atoms with Crippen molar-refractivity contribution in [3.05, 3.63) is 10.6 Å². The van der Waals surface area contributed by atoms with Gasteiger partial charge in [0, 0.05) is 4.88 Å². The molecule has 90 valence electrons. The topological polar surface area (TPSA) is 65.8 Å². The fourth-order valence-corrected chi connectivity index (χ4v) is 2.99. The number of nitrogens with one attached hydrogen (secondary N) is 1. The van der Waals surface area contributed by atoms with Crippen molar-refractivity contribution in [2.45, 2.75) is 33.1 Å². The Morgan fingerprint density at radius 3 is 2.88 bits per heavy atom. The van der Waals surface area contributed by atoms with Gasteiger partial charge in [0.15, 0.2) is 5.13 Å². The van der Waals surface area contributed by atoms with E-state index in [0.717, 1.165) is 25.0 Å². The van der Waals surface area contributed by atoms with E-state index in [9.17, 15) is 4.79 Å². The van der Waals surface area contributed by atoms with Gasteiger partial charge in [0.1, 0.15) is 5.92 Å². The lowest BCUT2D eigenvalue weighted by Gasteiger charge is -2.11. The van der Waals surface area contributed by atoms with Crippen LogP contribution in [-0.4, -0.2) is 10.9 Å². The van der Waals surface area contributed by atoms with Gasteiger partial charge in [-0.25, -0.2) is 4.98 Å². The Labute approximate surface area is 105 Å². The van der Waals surface area contributed by atoms with Crippen molar-refractivity contribution in [3.63, 3.8) is 0 Å². The van der Waals surface area contributed by atoms with E-state index in [1.54, 1.807) is 0 Å². The Balaban J connectivity index is 2.05. The first-order valence-electron chi connectivity index (χ1n) is 5.81. The molecule has 0 fully saturated rings. The van der Waals surface area contributed by atoms with Crippen LogP contribution in [0.1, 0.15) is 30.8 Å². The van der Waals surface area contributed by atoms with Crippen molar-refractivity contribution in [2.75, 3.05) is 5.32 Å². The molecule has 1 N–H and O–H groups in total. The number of hydrogen-bond acceptors (Lipinski definition) is 4. The van der Waals surface area contributed by atoms with E-state index in [2.05, 4.69) is 10.3 Å². The average Bonchev–Trinajstić information content (AvgIpc) is 2.77. The van der Waals surface area contributed by atoms with Crippen molar-refractivity contribution < 1.29 is 4.79 Å². The smallest absolute Gasteiger partial charge is 0.243 e. The minimum atomic E-state index is -0.603. The number of aryl methyl sites for hydroxylation is 2. The third-order valence-electron chi connectivity index (χ3n) is 2.91. The monoisotopic (exact) mass is 249 g/mol. The van der Waals surface area contributed by atoms with Gasteiger partial charge in [0.2, 0.25) is 5.91 Å². The molecule has 0 spiro atoms. The second-order valence-corrected chi connectivity index (χ2v) is 5.67. The summed E-state index contributed by atoms with van der Waals surface area (Å²) in [7, 11) is 0. The number of aromatic nitrogens is 1. The van der Waals surface area contributed by atoms with Crippen LogP contribution in [-0.2, 0) is 17.6 Å². The van der Waals surface area contributed by atoms with Gasteiger partial charge in [-0.1, -0.05) is 13.8 Å². The SMILES string of the molecule is CC(C)C(C#N)C(=O)Nc1nc2c(s1)CCC2. The summed E-state index contributed by atoms with van der Waals surface area (Å²) in [6, 6.07) is 2.04. The minimum Gasteiger partial charge on any atom is -0.301 e. The molecule has 1 aromatic heterocycles. The number of rotatable bonds is 3. The molecule has 4 nitrogen and oxygen atoms in total. The quantitative estimate of drug-likeness (QED) is 0.894. The molecule has 1 aromatic rings. The lowest BCUT2D eigenvalue weighted by molar-refractivity contribution is -0.119. The Hall–Kier alpha value is -1.41. The Morgan fingerprint density at radius 1 is 1.53 bits per heavy atom. The summed E-state index contributed by atoms with van der Waals surface area (Å²) in [6.45, 7) is 3.74. The number of carbonyl (C=O) groups is 1. The summed E-state index contributed by atoms with van der Waals surface area (Å²) in [5.74, 6) is -0.824. The first-order chi connectivity index (χ1) is 8.11. The second kappa shape index (κ2) is 4.84. The van der Waals surface area contributed by atoms with Crippen LogP contribution in [0, 0.1) is 23.2 Å². The van der Waals surface area contributed by atoms with Gasteiger partial charge in [-0.15, -0.1) is 11.3 Å². The molecule has 17 heavy (non-hydrogen) atoms. The molecule has 1 aliphatic carbocycles. The Bertz CT molecular complexity index is 451. The number of hydrogen-bond donors (Lipinski definition) is 1. The predicted molar refractivity (Wildman–Crippen MR) is 66.7 cm³/mol. The minimum absolute atomic E-state index is 0.0202. The highest BCUT2D eigenvalue weighted by atomic mass is 32.1. The second-order valence-electron chi connectivity index (χ2n) is 4.58. The summed E-state index contributed by atoms with van der Waals surface area (Å²) in [5, 5.41) is 12.3. The molecule has 1 heterocycles. The number of nitrogens with zero attached hydrogens (tertiary/aromatic N) is 2. The number of anilines is 1. The Morgan fingerprint density at radius 2 is 2.29 bits per heavy atom. The van der Waals surface area contributed by atoms with Crippen molar-refractivity contribution in [1.29, 1.82) is 5.26 Å². The zero-order valence-corrected chi connectivity index (χ0v) is 10.8. The first-order valence-corrected chi connectivity index (χ1v) is 6.62. The third-order valence-corrected chi connectivity index (χ3v) is 3.99. The summed E-state index contributed by atoms with van der Waals surface area (Å²) < 4.78 is 0. The number of thiazole rings is 1. The van der Waals surface area contributed by atoms with Gasteiger partial charge in [0.25, 0.3) is 0 Å². The predicted octanol–water partition coefficient (Wildman–Crippen LogP) is 2.37. The molecule has 2 rings (SSSR count). The molecular formula is C12H15N3OS. The van der Waals surface area contributed by atoms with E-state index in [1.807, 2.05) is 19.9 Å². The van der Waals surface area contributed by atoms with E-state index in [1.165, 1.54) is 16.2 Å². The maximum Gasteiger partial charge on any atom is 0.243 e. The maximum absolute atomic E-state index is 11.8. The average molecular weight is 249 g/mol. The van der Waals surface area contributed by atoms with Crippen LogP contribution in [0.4, 0.5) is 5.13 Å². The number of amides is 1. The molecule has 0 radical (unpaired) electrons. The van der Waals surface area contributed by atoms with Crippen LogP contribution in [0.5, 0.6) is 0 Å². The fraction of sp³-hybridized carbons (Fsp3) is 0.583. The van der Waals surface area contributed by atoms with Crippen LogP contribution in [0.2, 0.25) is 0 Å². The number of fused-ring (bicyclic) bond motifs is 1. The van der Waals surface area contributed by atoms with Crippen molar-refractivity contribution in [1.82, 2.24) is 4.98 Å². The molecule has 0 aliphatic heterocycles. The van der Waals surface area contributed by atoms with Gasteiger partial charge in [-0.3, -0.25) is 4.79 Å². The lowest BCUT2D eigenvalue weighted by Crippen LogP contribution is -2.25. The van der Waals surface area contributed by atoms with E-state index < -0.39 is 5.92 Å². The molecule has 1 aliphatic rings. The first kappa shape index (κ1) is 12.1. The van der Waals surface area contributed by atoms with Crippen LogP contribution >= 0.6 is 11.3 Å². The van der Waals surface area contributed by atoms with Crippen molar-refractivity contribution >= 4 is 22.4 Å². The molecule has 0 bridgehead atoms. The van der Waals surface area contributed by atoms with Crippen LogP contribution in [0.3, 0.4) is 0 Å². The number of nitriles is 1. The van der Waals surface area contributed by atoms with Crippen LogP contribution < -0.4 is 5.32 Å². The summed E-state index contributed by atoms with van der Waals surface area (Å²) in [6.07, 6.45) is 3.23. The van der Waals surface area contributed by atoms with E-state index in [-0.39, 0.29) is 11.8 Å². The largest absolute Gasteiger partial charge is 0.301 e. The van der Waals surface area contributed by atoms with Gasteiger partial charge in [-0.05, 0) is 25.2 Å². The highest BCUT2D eigenvalue weighted by molar-refractivity contribution is 7.15. The maximum atomic E-state index is 11.8.